The van der Waals surface area contributed by atoms with Crippen LogP contribution in [-0.4, -0.2) is 25.2 Å². The molecule has 0 unspecified atom stereocenters. The van der Waals surface area contributed by atoms with Gasteiger partial charge in [-0.25, -0.2) is 4.98 Å². The van der Waals surface area contributed by atoms with E-state index in [1.165, 1.54) is 11.3 Å². The smallest absolute Gasteiger partial charge is 0.193 e. The minimum Gasteiger partial charge on any atom is -0.407 e. The summed E-state index contributed by atoms with van der Waals surface area (Å²) in [5.74, 6) is 0.526. The molecule has 4 N–H and O–H groups in total. The fourth-order valence-electron chi connectivity index (χ4n) is 2.03. The van der Waals surface area contributed by atoms with Crippen LogP contribution in [0.4, 0.5) is 5.13 Å². The lowest BCUT2D eigenvalue weighted by Crippen LogP contribution is -2.47. The molecule has 0 saturated heterocycles. The first-order valence-corrected chi connectivity index (χ1v) is 11.4. The molecule has 0 bridgehead atoms. The predicted molar refractivity (Wildman–Crippen MR) is 95.4 cm³/mol. The van der Waals surface area contributed by atoms with Gasteiger partial charge in [0, 0.05) is 12.7 Å². The molecule has 122 valence electrons. The van der Waals surface area contributed by atoms with Gasteiger partial charge in [-0.2, -0.15) is 0 Å². The van der Waals surface area contributed by atoms with Gasteiger partial charge in [0.15, 0.2) is 13.4 Å². The van der Waals surface area contributed by atoms with Crippen LogP contribution in [0.5, 0.6) is 0 Å². The van der Waals surface area contributed by atoms with E-state index in [9.17, 15) is 0 Å². The zero-order chi connectivity index (χ0) is 16.4. The lowest BCUT2D eigenvalue weighted by atomic mass is 9.99. The van der Waals surface area contributed by atoms with E-state index in [-0.39, 0.29) is 16.5 Å². The zero-order valence-electron chi connectivity index (χ0n) is 13.8. The first-order valence-electron chi connectivity index (χ1n) is 7.26. The van der Waals surface area contributed by atoms with Gasteiger partial charge in [0.05, 0.1) is 16.4 Å². The highest BCUT2D eigenvalue weighted by Crippen LogP contribution is 2.47. The summed E-state index contributed by atoms with van der Waals surface area (Å²) < 4.78 is 6.56. The summed E-state index contributed by atoms with van der Waals surface area (Å²) in [6.07, 6.45) is 1.51. The van der Waals surface area contributed by atoms with Gasteiger partial charge < -0.3 is 15.9 Å². The quantitative estimate of drug-likeness (QED) is 0.576. The van der Waals surface area contributed by atoms with E-state index in [0.717, 1.165) is 4.88 Å². The Bertz CT molecular complexity index is 465. The Hall–Kier alpha value is -0.143. The molecule has 21 heavy (non-hydrogen) atoms. The summed E-state index contributed by atoms with van der Waals surface area (Å²) in [5, 5.41) is 0.369. The first-order chi connectivity index (χ1) is 9.52. The molecule has 1 aromatic heterocycles. The zero-order valence-corrected chi connectivity index (χ0v) is 16.4. The van der Waals surface area contributed by atoms with Crippen LogP contribution in [0.3, 0.4) is 0 Å². The normalized spacial score (nSPS) is 16.2. The third-order valence-corrected chi connectivity index (χ3v) is 10.6. The van der Waals surface area contributed by atoms with Crippen molar-refractivity contribution in [2.75, 3.05) is 12.3 Å². The predicted octanol–water partition coefficient (Wildman–Crippen LogP) is 3.99. The molecule has 0 fully saturated rings. The number of aromatic nitrogens is 1. The number of anilines is 1. The second-order valence-corrected chi connectivity index (χ2v) is 13.0. The van der Waals surface area contributed by atoms with E-state index in [2.05, 4.69) is 45.8 Å². The molecule has 0 spiro atoms. The number of nitrogen functional groups attached to an aromatic ring is 1. The van der Waals surface area contributed by atoms with Gasteiger partial charge in [-0.3, -0.25) is 0 Å². The molecule has 0 saturated carbocycles. The van der Waals surface area contributed by atoms with Crippen molar-refractivity contribution >= 4 is 36.4 Å². The fraction of sp³-hybridized carbons (Fsp3) is 0.786. The molecule has 0 aliphatic rings. The Morgan fingerprint density at radius 2 is 2.00 bits per heavy atom. The van der Waals surface area contributed by atoms with Crippen LogP contribution in [0.25, 0.3) is 0 Å². The maximum absolute atomic E-state index is 6.56. The van der Waals surface area contributed by atoms with Crippen molar-refractivity contribution in [3.63, 3.8) is 0 Å². The average Bonchev–Trinajstić information content (AvgIpc) is 2.81. The lowest BCUT2D eigenvalue weighted by Gasteiger charge is -2.44. The highest BCUT2D eigenvalue weighted by atomic mass is 35.5. The summed E-state index contributed by atoms with van der Waals surface area (Å²) in [4.78, 5) is 5.07. The third kappa shape index (κ3) is 4.19. The molecule has 1 heterocycles. The largest absolute Gasteiger partial charge is 0.407 e. The number of halogens is 1. The van der Waals surface area contributed by atoms with E-state index < -0.39 is 8.32 Å². The molecule has 0 aliphatic heterocycles. The second-order valence-electron chi connectivity index (χ2n) is 6.78. The van der Waals surface area contributed by atoms with Gasteiger partial charge in [-0.15, -0.1) is 11.6 Å². The molecule has 7 heteroatoms. The first kappa shape index (κ1) is 18.9. The van der Waals surface area contributed by atoms with E-state index >= 15 is 0 Å². The maximum atomic E-state index is 6.56. The van der Waals surface area contributed by atoms with Crippen molar-refractivity contribution in [2.45, 2.75) is 57.3 Å². The van der Waals surface area contributed by atoms with Crippen molar-refractivity contribution in [2.24, 2.45) is 11.7 Å². The van der Waals surface area contributed by atoms with Crippen LogP contribution in [-0.2, 0) is 4.43 Å². The molecule has 1 aromatic rings. The fourth-order valence-corrected chi connectivity index (χ4v) is 5.87. The minimum atomic E-state index is -2.01. The van der Waals surface area contributed by atoms with Gasteiger partial charge in [0.25, 0.3) is 0 Å². The van der Waals surface area contributed by atoms with Gasteiger partial charge in [-0.05, 0) is 24.1 Å². The number of hydrogen-bond donors (Lipinski definition) is 2. The van der Waals surface area contributed by atoms with Gasteiger partial charge in [0.1, 0.15) is 0 Å². The molecule has 4 nitrogen and oxygen atoms in total. The van der Waals surface area contributed by atoms with Gasteiger partial charge >= 0.3 is 0 Å². The third-order valence-electron chi connectivity index (χ3n) is 4.79. The summed E-state index contributed by atoms with van der Waals surface area (Å²) in [7, 11) is -2.01. The van der Waals surface area contributed by atoms with E-state index in [4.69, 9.17) is 27.5 Å². The topological polar surface area (TPSA) is 74.2 Å². The standard InChI is InChI=1S/C14H28ClN3OSSi/c1-9(2)14(3,4)21(5,6)19-12(10(15)7-16)11-8-18-13(17)20-11/h8-10,12H,7,16H2,1-6H3,(H2,17,18)/t10-,12-/m0/s1. The lowest BCUT2D eigenvalue weighted by molar-refractivity contribution is 0.174. The van der Waals surface area contributed by atoms with Crippen LogP contribution in [0.2, 0.25) is 18.1 Å². The number of alkyl halides is 1. The summed E-state index contributed by atoms with van der Waals surface area (Å²) in [6, 6.07) is 0. The molecule has 1 rings (SSSR count). The highest BCUT2D eigenvalue weighted by Gasteiger charge is 2.45. The Balaban J connectivity index is 3.07. The van der Waals surface area contributed by atoms with Crippen molar-refractivity contribution in [1.82, 2.24) is 4.98 Å². The van der Waals surface area contributed by atoms with Crippen molar-refractivity contribution in [3.05, 3.63) is 11.1 Å². The highest BCUT2D eigenvalue weighted by molar-refractivity contribution is 7.15. The Morgan fingerprint density at radius 3 is 2.38 bits per heavy atom. The van der Waals surface area contributed by atoms with Crippen molar-refractivity contribution in [3.8, 4) is 0 Å². The maximum Gasteiger partial charge on any atom is 0.193 e. The monoisotopic (exact) mass is 349 g/mol. The molecule has 0 radical (unpaired) electrons. The number of nitrogens with two attached hydrogens (primary N) is 2. The summed E-state index contributed by atoms with van der Waals surface area (Å²) in [6.45, 7) is 13.9. The van der Waals surface area contributed by atoms with Crippen LogP contribution >= 0.6 is 22.9 Å². The molecular formula is C14H28ClN3OSSi. The number of hydrogen-bond acceptors (Lipinski definition) is 5. The molecule has 0 aliphatic carbocycles. The molecule has 2 atom stereocenters. The number of thiazole rings is 1. The van der Waals surface area contributed by atoms with Crippen molar-refractivity contribution < 1.29 is 4.43 Å². The minimum absolute atomic E-state index is 0.118. The van der Waals surface area contributed by atoms with Gasteiger partial charge in [-0.1, -0.05) is 39.0 Å². The van der Waals surface area contributed by atoms with Crippen molar-refractivity contribution in [1.29, 1.82) is 0 Å². The van der Waals surface area contributed by atoms with E-state index in [1.807, 2.05) is 0 Å². The average molecular weight is 350 g/mol. The Labute approximate surface area is 138 Å². The summed E-state index contributed by atoms with van der Waals surface area (Å²) >= 11 is 7.84. The Morgan fingerprint density at radius 1 is 1.43 bits per heavy atom. The van der Waals surface area contributed by atoms with Crippen LogP contribution in [0, 0.1) is 5.92 Å². The van der Waals surface area contributed by atoms with Crippen LogP contribution in [0.1, 0.15) is 38.7 Å². The molecule has 0 aromatic carbocycles. The number of rotatable bonds is 7. The SMILES string of the molecule is CC(C)C(C)(C)[Si](C)(C)O[C@H](c1cnc(N)s1)[C@@H](Cl)CN. The van der Waals surface area contributed by atoms with Crippen LogP contribution in [0.15, 0.2) is 6.20 Å². The summed E-state index contributed by atoms with van der Waals surface area (Å²) in [5.41, 5.74) is 11.5. The van der Waals surface area contributed by atoms with Crippen LogP contribution < -0.4 is 11.5 Å². The second kappa shape index (κ2) is 6.96. The van der Waals surface area contributed by atoms with E-state index in [1.54, 1.807) is 6.20 Å². The molecule has 0 amide bonds. The van der Waals surface area contributed by atoms with Gasteiger partial charge in [0.2, 0.25) is 0 Å². The molecular weight excluding hydrogens is 322 g/mol. The number of nitrogens with zero attached hydrogens (tertiary/aromatic N) is 1. The Kier molecular flexibility index (Phi) is 6.26. The van der Waals surface area contributed by atoms with E-state index in [0.29, 0.717) is 17.6 Å².